The van der Waals surface area contributed by atoms with Gasteiger partial charge in [-0.1, -0.05) is 27.5 Å². The first-order chi connectivity index (χ1) is 6.69. The number of methoxy groups -OCH3 is 1. The third kappa shape index (κ3) is 2.87. The van der Waals surface area contributed by atoms with E-state index in [1.54, 1.807) is 7.11 Å². The zero-order valence-corrected chi connectivity index (χ0v) is 10.6. The molecule has 0 atom stereocenters. The number of aryl methyl sites for hydroxylation is 1. The summed E-state index contributed by atoms with van der Waals surface area (Å²) in [5.41, 5.74) is 2.86. The topological polar surface area (TPSA) is 21.3 Å². The molecule has 0 saturated heterocycles. The Morgan fingerprint density at radius 2 is 2.21 bits per heavy atom. The Hall–Kier alpha value is -0.250. The molecule has 0 amide bonds. The Morgan fingerprint density at radius 1 is 1.50 bits per heavy atom. The van der Waals surface area contributed by atoms with Crippen LogP contribution in [0.1, 0.15) is 11.1 Å². The molecule has 0 fully saturated rings. The molecule has 0 bridgehead atoms. The number of hydrogen-bond donors (Lipinski definition) is 1. The van der Waals surface area contributed by atoms with Crippen LogP contribution < -0.4 is 10.1 Å². The molecular formula is C10H13BrClNO. The Labute approximate surface area is 97.7 Å². The highest BCUT2D eigenvalue weighted by atomic mass is 79.9. The second-order valence-corrected chi connectivity index (χ2v) is 3.94. The van der Waals surface area contributed by atoms with Gasteiger partial charge in [-0.05, 0) is 24.6 Å². The van der Waals surface area contributed by atoms with Crippen LogP contribution in [0.5, 0.6) is 5.75 Å². The molecule has 78 valence electrons. The summed E-state index contributed by atoms with van der Waals surface area (Å²) in [5.74, 6) is 0.875. The van der Waals surface area contributed by atoms with E-state index in [9.17, 15) is 0 Å². The first kappa shape index (κ1) is 11.8. The SMILES string of the molecule is COc1cc(C)c(Cl)cc1CNCBr. The van der Waals surface area contributed by atoms with Crippen molar-refractivity contribution in [2.45, 2.75) is 13.5 Å². The number of rotatable bonds is 4. The lowest BCUT2D eigenvalue weighted by molar-refractivity contribution is 0.408. The van der Waals surface area contributed by atoms with E-state index in [2.05, 4.69) is 21.2 Å². The molecule has 2 nitrogen and oxygen atoms in total. The first-order valence-electron chi connectivity index (χ1n) is 4.28. The fourth-order valence-electron chi connectivity index (χ4n) is 1.21. The summed E-state index contributed by atoms with van der Waals surface area (Å²) in [7, 11) is 1.67. The van der Waals surface area contributed by atoms with E-state index >= 15 is 0 Å². The number of hydrogen-bond acceptors (Lipinski definition) is 2. The molecule has 0 heterocycles. The van der Waals surface area contributed by atoms with Crippen molar-refractivity contribution >= 4 is 27.5 Å². The number of ether oxygens (including phenoxy) is 1. The predicted molar refractivity (Wildman–Crippen MR) is 63.4 cm³/mol. The van der Waals surface area contributed by atoms with E-state index in [4.69, 9.17) is 16.3 Å². The minimum Gasteiger partial charge on any atom is -0.496 e. The van der Waals surface area contributed by atoms with Gasteiger partial charge in [0.15, 0.2) is 0 Å². The van der Waals surface area contributed by atoms with Crippen LogP contribution in [0.3, 0.4) is 0 Å². The van der Waals surface area contributed by atoms with Gasteiger partial charge in [-0.25, -0.2) is 0 Å². The van der Waals surface area contributed by atoms with Gasteiger partial charge >= 0.3 is 0 Å². The molecule has 1 aromatic carbocycles. The molecule has 0 aliphatic heterocycles. The fraction of sp³-hybridized carbons (Fsp3) is 0.400. The van der Waals surface area contributed by atoms with Gasteiger partial charge in [0.05, 0.1) is 12.6 Å². The molecule has 0 saturated carbocycles. The number of halogens is 2. The standard InChI is InChI=1S/C10H13BrClNO/c1-7-3-10(14-2)8(4-9(7)12)5-13-6-11/h3-4,13H,5-6H2,1-2H3. The minimum absolute atomic E-state index is 0.744. The van der Waals surface area contributed by atoms with Crippen LogP contribution in [0.4, 0.5) is 0 Å². The number of nitrogens with one attached hydrogen (secondary N) is 1. The van der Waals surface area contributed by atoms with Gasteiger partial charge in [0.25, 0.3) is 0 Å². The summed E-state index contributed by atoms with van der Waals surface area (Å²) in [5, 5.41) is 3.94. The lowest BCUT2D eigenvalue weighted by Crippen LogP contribution is -2.11. The van der Waals surface area contributed by atoms with E-state index < -0.39 is 0 Å². The second kappa shape index (κ2) is 5.59. The van der Waals surface area contributed by atoms with Crippen molar-refractivity contribution in [2.75, 3.05) is 12.6 Å². The minimum atomic E-state index is 0.744. The first-order valence-corrected chi connectivity index (χ1v) is 5.78. The summed E-state index contributed by atoms with van der Waals surface area (Å²) < 4.78 is 5.26. The highest BCUT2D eigenvalue weighted by Gasteiger charge is 2.05. The van der Waals surface area contributed by atoms with E-state index in [-0.39, 0.29) is 0 Å². The zero-order chi connectivity index (χ0) is 10.6. The maximum absolute atomic E-state index is 6.03. The zero-order valence-electron chi connectivity index (χ0n) is 8.23. The van der Waals surface area contributed by atoms with Crippen LogP contribution in [0.2, 0.25) is 5.02 Å². The summed E-state index contributed by atoms with van der Waals surface area (Å²) >= 11 is 9.33. The molecule has 0 radical (unpaired) electrons. The van der Waals surface area contributed by atoms with Crippen molar-refractivity contribution in [1.29, 1.82) is 0 Å². The molecule has 0 unspecified atom stereocenters. The highest BCUT2D eigenvalue weighted by molar-refractivity contribution is 9.09. The maximum Gasteiger partial charge on any atom is 0.123 e. The lowest BCUT2D eigenvalue weighted by Gasteiger charge is -2.10. The second-order valence-electron chi connectivity index (χ2n) is 2.97. The van der Waals surface area contributed by atoms with Crippen LogP contribution in [-0.4, -0.2) is 12.6 Å². The Bertz CT molecular complexity index is 317. The van der Waals surface area contributed by atoms with Gasteiger partial charge in [-0.2, -0.15) is 0 Å². The van der Waals surface area contributed by atoms with Crippen LogP contribution in [0.15, 0.2) is 12.1 Å². The molecular weight excluding hydrogens is 265 g/mol. The van der Waals surface area contributed by atoms with Crippen molar-refractivity contribution in [3.8, 4) is 5.75 Å². The van der Waals surface area contributed by atoms with E-state index in [0.717, 1.165) is 33.9 Å². The van der Waals surface area contributed by atoms with Crippen LogP contribution in [0, 0.1) is 6.92 Å². The molecule has 1 rings (SSSR count). The predicted octanol–water partition coefficient (Wildman–Crippen LogP) is 3.10. The van der Waals surface area contributed by atoms with Crippen molar-refractivity contribution in [3.05, 3.63) is 28.3 Å². The van der Waals surface area contributed by atoms with Gasteiger partial charge in [-0.15, -0.1) is 0 Å². The normalized spacial score (nSPS) is 10.3. The molecule has 1 aromatic rings. The van der Waals surface area contributed by atoms with Gasteiger partial charge in [-0.3, -0.25) is 0 Å². The van der Waals surface area contributed by atoms with Crippen LogP contribution in [-0.2, 0) is 6.54 Å². The molecule has 1 N–H and O–H groups in total. The van der Waals surface area contributed by atoms with E-state index in [1.807, 2.05) is 19.1 Å². The third-order valence-corrected chi connectivity index (χ3v) is 2.78. The third-order valence-electron chi connectivity index (χ3n) is 1.97. The Morgan fingerprint density at radius 3 is 2.79 bits per heavy atom. The quantitative estimate of drug-likeness (QED) is 0.675. The summed E-state index contributed by atoms with van der Waals surface area (Å²) in [6, 6.07) is 3.89. The van der Waals surface area contributed by atoms with Crippen LogP contribution in [0.25, 0.3) is 0 Å². The van der Waals surface area contributed by atoms with Crippen molar-refractivity contribution in [1.82, 2.24) is 5.32 Å². The lowest BCUT2D eigenvalue weighted by atomic mass is 10.1. The smallest absolute Gasteiger partial charge is 0.123 e. The van der Waals surface area contributed by atoms with E-state index in [0.29, 0.717) is 0 Å². The van der Waals surface area contributed by atoms with Gasteiger partial charge in [0, 0.05) is 17.1 Å². The number of alkyl halides is 1. The van der Waals surface area contributed by atoms with E-state index in [1.165, 1.54) is 0 Å². The van der Waals surface area contributed by atoms with Gasteiger partial charge in [0.2, 0.25) is 0 Å². The van der Waals surface area contributed by atoms with Crippen molar-refractivity contribution in [3.63, 3.8) is 0 Å². The summed E-state index contributed by atoms with van der Waals surface area (Å²) in [4.78, 5) is 0. The number of benzene rings is 1. The monoisotopic (exact) mass is 277 g/mol. The molecule has 0 aliphatic carbocycles. The maximum atomic E-state index is 6.03. The average molecular weight is 279 g/mol. The van der Waals surface area contributed by atoms with Crippen LogP contribution >= 0.6 is 27.5 Å². The fourth-order valence-corrected chi connectivity index (χ4v) is 1.59. The van der Waals surface area contributed by atoms with Crippen molar-refractivity contribution < 1.29 is 4.74 Å². The van der Waals surface area contributed by atoms with Gasteiger partial charge < -0.3 is 10.1 Å². The highest BCUT2D eigenvalue weighted by Crippen LogP contribution is 2.26. The summed E-state index contributed by atoms with van der Waals surface area (Å²) in [6.07, 6.45) is 0. The largest absolute Gasteiger partial charge is 0.496 e. The summed E-state index contributed by atoms with van der Waals surface area (Å²) in [6.45, 7) is 2.71. The molecule has 14 heavy (non-hydrogen) atoms. The Balaban J connectivity index is 2.95. The molecule has 0 spiro atoms. The molecule has 4 heteroatoms. The van der Waals surface area contributed by atoms with Gasteiger partial charge in [0.1, 0.15) is 5.75 Å². The Kier molecular flexibility index (Phi) is 4.72. The van der Waals surface area contributed by atoms with Crippen molar-refractivity contribution in [2.24, 2.45) is 0 Å². The average Bonchev–Trinajstić information content (AvgIpc) is 2.19. The molecule has 0 aromatic heterocycles. The molecule has 0 aliphatic rings.